The molecule has 0 spiro atoms. The van der Waals surface area contributed by atoms with Gasteiger partial charge in [0.05, 0.1) is 5.69 Å². The quantitative estimate of drug-likeness (QED) is 0.247. The maximum atomic E-state index is 13.5. The fourth-order valence-electron chi connectivity index (χ4n) is 3.49. The Morgan fingerprint density at radius 2 is 1.73 bits per heavy atom. The lowest BCUT2D eigenvalue weighted by Gasteiger charge is -2.12. The molecule has 30 heavy (non-hydrogen) atoms. The van der Waals surface area contributed by atoms with Crippen molar-refractivity contribution in [2.75, 3.05) is 0 Å². The van der Waals surface area contributed by atoms with Gasteiger partial charge in [-0.2, -0.15) is 0 Å². The van der Waals surface area contributed by atoms with E-state index < -0.39 is 0 Å². The van der Waals surface area contributed by atoms with Crippen LogP contribution in [0.2, 0.25) is 0 Å². The molecule has 0 aliphatic rings. The zero-order valence-corrected chi connectivity index (χ0v) is 18.6. The van der Waals surface area contributed by atoms with Crippen LogP contribution in [0, 0.1) is 6.92 Å². The monoisotopic (exact) mass is 475 g/mol. The number of nitrogens with one attached hydrogen (secondary N) is 1. The molecule has 6 heteroatoms. The number of halogens is 1. The lowest BCUT2D eigenvalue weighted by atomic mass is 10.2. The van der Waals surface area contributed by atoms with Crippen LogP contribution in [0.15, 0.2) is 87.2 Å². The fraction of sp³-hybridized carbons (Fsp3) is 0.0833. The molecule has 0 radical (unpaired) electrons. The van der Waals surface area contributed by atoms with Crippen LogP contribution < -0.4 is 5.56 Å². The van der Waals surface area contributed by atoms with E-state index in [-0.39, 0.29) is 5.56 Å². The van der Waals surface area contributed by atoms with Gasteiger partial charge in [-0.25, -0.2) is 4.98 Å². The summed E-state index contributed by atoms with van der Waals surface area (Å²) in [5, 5.41) is 1.65. The van der Waals surface area contributed by atoms with Crippen molar-refractivity contribution in [2.45, 2.75) is 17.8 Å². The molecule has 2 aromatic heterocycles. The predicted molar refractivity (Wildman–Crippen MR) is 128 cm³/mol. The highest BCUT2D eigenvalue weighted by atomic mass is 79.9. The summed E-state index contributed by atoms with van der Waals surface area (Å²) in [6.45, 7) is 2.04. The molecule has 0 saturated carbocycles. The van der Waals surface area contributed by atoms with E-state index in [4.69, 9.17) is 4.98 Å². The topological polar surface area (TPSA) is 50.7 Å². The Balaban J connectivity index is 1.69. The first-order chi connectivity index (χ1) is 14.6. The fourth-order valence-corrected chi connectivity index (χ4v) is 4.72. The van der Waals surface area contributed by atoms with Gasteiger partial charge in [0.25, 0.3) is 5.56 Å². The maximum absolute atomic E-state index is 13.5. The number of para-hydroxylation sites is 1. The van der Waals surface area contributed by atoms with Crippen molar-refractivity contribution in [3.63, 3.8) is 0 Å². The molecule has 0 bridgehead atoms. The van der Waals surface area contributed by atoms with Gasteiger partial charge in [0.15, 0.2) is 5.16 Å². The molecule has 2 heterocycles. The van der Waals surface area contributed by atoms with Gasteiger partial charge in [0.1, 0.15) is 11.0 Å². The summed E-state index contributed by atoms with van der Waals surface area (Å²) in [6.07, 6.45) is 0. The number of rotatable bonds is 4. The molecule has 5 rings (SSSR count). The number of aromatic amines is 1. The van der Waals surface area contributed by atoms with E-state index in [0.29, 0.717) is 10.7 Å². The van der Waals surface area contributed by atoms with E-state index in [1.165, 1.54) is 5.56 Å². The Kier molecular flexibility index (Phi) is 4.97. The molecule has 0 unspecified atom stereocenters. The van der Waals surface area contributed by atoms with Gasteiger partial charge in [-0.3, -0.25) is 9.36 Å². The zero-order valence-electron chi connectivity index (χ0n) is 16.2. The summed E-state index contributed by atoms with van der Waals surface area (Å²) in [4.78, 5) is 21.7. The number of aromatic nitrogens is 3. The Hall–Kier alpha value is -2.83. The van der Waals surface area contributed by atoms with Crippen LogP contribution in [-0.4, -0.2) is 14.5 Å². The third-order valence-electron chi connectivity index (χ3n) is 5.07. The molecule has 148 valence electrons. The van der Waals surface area contributed by atoms with Crippen molar-refractivity contribution in [1.29, 1.82) is 0 Å². The van der Waals surface area contributed by atoms with Crippen LogP contribution in [-0.2, 0) is 5.75 Å². The minimum Gasteiger partial charge on any atom is -0.349 e. The average molecular weight is 476 g/mol. The highest BCUT2D eigenvalue weighted by Gasteiger charge is 2.17. The molecule has 0 aliphatic carbocycles. The Morgan fingerprint density at radius 1 is 1.00 bits per heavy atom. The number of fused-ring (bicyclic) bond motifs is 3. The van der Waals surface area contributed by atoms with Crippen molar-refractivity contribution in [1.82, 2.24) is 14.5 Å². The van der Waals surface area contributed by atoms with Gasteiger partial charge in [-0.1, -0.05) is 75.7 Å². The van der Waals surface area contributed by atoms with Gasteiger partial charge < -0.3 is 4.98 Å². The normalized spacial score (nSPS) is 11.4. The number of hydrogen-bond acceptors (Lipinski definition) is 3. The highest BCUT2D eigenvalue weighted by molar-refractivity contribution is 9.10. The first-order valence-electron chi connectivity index (χ1n) is 9.58. The van der Waals surface area contributed by atoms with E-state index in [0.717, 1.165) is 37.9 Å². The van der Waals surface area contributed by atoms with Gasteiger partial charge in [0.2, 0.25) is 0 Å². The second-order valence-electron chi connectivity index (χ2n) is 7.18. The van der Waals surface area contributed by atoms with Crippen LogP contribution in [0.5, 0.6) is 0 Å². The SMILES string of the molecule is Cc1ccc(-n2c(SCc3ccc(Br)cc3)nc3c([nH]c4ccccc43)c2=O)cc1. The smallest absolute Gasteiger partial charge is 0.283 e. The van der Waals surface area contributed by atoms with Gasteiger partial charge in [-0.05, 0) is 42.8 Å². The van der Waals surface area contributed by atoms with Crippen molar-refractivity contribution in [3.8, 4) is 5.69 Å². The van der Waals surface area contributed by atoms with Gasteiger partial charge >= 0.3 is 0 Å². The summed E-state index contributed by atoms with van der Waals surface area (Å²) in [5.41, 5.74) is 5.22. The number of benzene rings is 3. The Bertz CT molecular complexity index is 1420. The van der Waals surface area contributed by atoms with E-state index in [1.54, 1.807) is 16.3 Å². The lowest BCUT2D eigenvalue weighted by Crippen LogP contribution is -2.21. The number of aryl methyl sites for hydroxylation is 1. The number of nitrogens with zero attached hydrogens (tertiary/aromatic N) is 2. The zero-order chi connectivity index (χ0) is 20.7. The van der Waals surface area contributed by atoms with Crippen molar-refractivity contribution < 1.29 is 0 Å². The lowest BCUT2D eigenvalue weighted by molar-refractivity contribution is 0.818. The van der Waals surface area contributed by atoms with E-state index in [2.05, 4.69) is 33.0 Å². The molecule has 4 nitrogen and oxygen atoms in total. The van der Waals surface area contributed by atoms with Crippen LogP contribution in [0.4, 0.5) is 0 Å². The molecule has 0 amide bonds. The summed E-state index contributed by atoms with van der Waals surface area (Å²) >= 11 is 5.05. The summed E-state index contributed by atoms with van der Waals surface area (Å²) in [7, 11) is 0. The number of H-pyrrole nitrogens is 1. The molecule has 0 fully saturated rings. The van der Waals surface area contributed by atoms with Crippen molar-refractivity contribution in [3.05, 3.63) is 98.7 Å². The van der Waals surface area contributed by atoms with Crippen LogP contribution in [0.1, 0.15) is 11.1 Å². The summed E-state index contributed by atoms with van der Waals surface area (Å²) in [5.74, 6) is 0.722. The van der Waals surface area contributed by atoms with Crippen molar-refractivity contribution in [2.24, 2.45) is 0 Å². The second kappa shape index (κ2) is 7.78. The Labute approximate surface area is 186 Å². The van der Waals surface area contributed by atoms with E-state index in [1.807, 2.05) is 67.6 Å². The molecule has 0 saturated heterocycles. The summed E-state index contributed by atoms with van der Waals surface area (Å²) in [6, 6.07) is 24.1. The number of thioether (sulfide) groups is 1. The molecular formula is C24H18BrN3OS. The molecular weight excluding hydrogens is 458 g/mol. The first kappa shape index (κ1) is 19.2. The Morgan fingerprint density at radius 3 is 2.50 bits per heavy atom. The number of hydrogen-bond donors (Lipinski definition) is 1. The average Bonchev–Trinajstić information content (AvgIpc) is 3.13. The third-order valence-corrected chi connectivity index (χ3v) is 6.61. The third kappa shape index (κ3) is 3.46. The maximum Gasteiger partial charge on any atom is 0.283 e. The van der Waals surface area contributed by atoms with Gasteiger partial charge in [0, 0.05) is 21.1 Å². The standard InChI is InChI=1S/C24H18BrN3OS/c1-15-6-12-18(13-7-15)28-23(29)22-21(19-4-2-3-5-20(19)26-22)27-24(28)30-14-16-8-10-17(25)11-9-16/h2-13,26H,14H2,1H3. The van der Waals surface area contributed by atoms with E-state index in [9.17, 15) is 4.79 Å². The van der Waals surface area contributed by atoms with E-state index >= 15 is 0 Å². The molecule has 3 aromatic carbocycles. The molecule has 0 atom stereocenters. The largest absolute Gasteiger partial charge is 0.349 e. The van der Waals surface area contributed by atoms with Crippen molar-refractivity contribution >= 4 is 49.6 Å². The molecule has 5 aromatic rings. The first-order valence-corrected chi connectivity index (χ1v) is 11.4. The van der Waals surface area contributed by atoms with Crippen LogP contribution in [0.3, 0.4) is 0 Å². The van der Waals surface area contributed by atoms with Crippen LogP contribution >= 0.6 is 27.7 Å². The van der Waals surface area contributed by atoms with Crippen LogP contribution in [0.25, 0.3) is 27.6 Å². The summed E-state index contributed by atoms with van der Waals surface area (Å²) < 4.78 is 2.76. The van der Waals surface area contributed by atoms with Gasteiger partial charge in [-0.15, -0.1) is 0 Å². The molecule has 1 N–H and O–H groups in total. The second-order valence-corrected chi connectivity index (χ2v) is 9.04. The highest BCUT2D eigenvalue weighted by Crippen LogP contribution is 2.28. The molecule has 0 aliphatic heterocycles. The minimum atomic E-state index is -0.0849. The minimum absolute atomic E-state index is 0.0849. The predicted octanol–water partition coefficient (Wildman–Crippen LogP) is 6.23.